The maximum atomic E-state index is 12.6. The van der Waals surface area contributed by atoms with Gasteiger partial charge in [0.15, 0.2) is 12.0 Å². The van der Waals surface area contributed by atoms with Gasteiger partial charge in [-0.2, -0.15) is 13.2 Å². The Hall–Kier alpha value is -1.92. The van der Waals surface area contributed by atoms with Gasteiger partial charge in [0, 0.05) is 6.07 Å². The number of halogens is 5. The van der Waals surface area contributed by atoms with Crippen LogP contribution in [0.25, 0.3) is 0 Å². The Morgan fingerprint density at radius 3 is 2.14 bits per heavy atom. The number of phenols is 1. The summed E-state index contributed by atoms with van der Waals surface area (Å²) in [6, 6.07) is 5.11. The molecule has 0 fully saturated rings. The number of carbonyl (C=O) groups excluding carboxylic acids is 1. The van der Waals surface area contributed by atoms with Gasteiger partial charge in [-0.25, -0.2) is 0 Å². The molecule has 0 heterocycles. The molecule has 0 spiro atoms. The largest absolute Gasteiger partial charge is 0.507 e. The minimum absolute atomic E-state index is 0.0389. The number of ether oxygens (including phenoxy) is 1. The molecule has 0 aliphatic rings. The van der Waals surface area contributed by atoms with Crippen LogP contribution in [0.3, 0.4) is 0 Å². The average molecular weight is 351 g/mol. The molecule has 0 aliphatic carbocycles. The van der Waals surface area contributed by atoms with Gasteiger partial charge in [-0.15, -0.1) is 0 Å². The third kappa shape index (κ3) is 3.45. The summed E-state index contributed by atoms with van der Waals surface area (Å²) < 4.78 is 43.1. The number of phenolic OH excluding ortho intramolecular Hbond substituents is 1. The molecule has 2 aromatic carbocycles. The van der Waals surface area contributed by atoms with Crippen LogP contribution in [0.5, 0.6) is 17.2 Å². The van der Waals surface area contributed by atoms with Gasteiger partial charge < -0.3 is 9.84 Å². The first-order valence-electron chi connectivity index (χ1n) is 5.74. The van der Waals surface area contributed by atoms with E-state index in [-0.39, 0.29) is 32.9 Å². The van der Waals surface area contributed by atoms with Crippen LogP contribution in [0.15, 0.2) is 30.3 Å². The van der Waals surface area contributed by atoms with Gasteiger partial charge in [0.05, 0.1) is 21.2 Å². The van der Waals surface area contributed by atoms with Crippen molar-refractivity contribution < 1.29 is 27.8 Å². The highest BCUT2D eigenvalue weighted by atomic mass is 35.5. The number of carbonyl (C=O) groups is 1. The lowest BCUT2D eigenvalue weighted by molar-refractivity contribution is -0.137. The van der Waals surface area contributed by atoms with Crippen molar-refractivity contribution in [1.82, 2.24) is 0 Å². The Morgan fingerprint density at radius 2 is 1.68 bits per heavy atom. The van der Waals surface area contributed by atoms with E-state index in [1.54, 1.807) is 0 Å². The number of hydrogen-bond donors (Lipinski definition) is 1. The zero-order valence-electron chi connectivity index (χ0n) is 10.6. The van der Waals surface area contributed by atoms with Crippen molar-refractivity contribution in [1.29, 1.82) is 0 Å². The topological polar surface area (TPSA) is 46.5 Å². The minimum Gasteiger partial charge on any atom is -0.507 e. The van der Waals surface area contributed by atoms with Crippen LogP contribution in [0.4, 0.5) is 13.2 Å². The smallest absolute Gasteiger partial charge is 0.416 e. The molecule has 0 aromatic heterocycles. The molecule has 8 heteroatoms. The van der Waals surface area contributed by atoms with E-state index in [0.717, 1.165) is 6.07 Å². The normalized spacial score (nSPS) is 11.3. The predicted molar refractivity (Wildman–Crippen MR) is 75.0 cm³/mol. The summed E-state index contributed by atoms with van der Waals surface area (Å²) in [5, 5.41) is 8.86. The summed E-state index contributed by atoms with van der Waals surface area (Å²) in [7, 11) is 0. The highest BCUT2D eigenvalue weighted by Gasteiger charge is 2.32. The number of rotatable bonds is 3. The van der Waals surface area contributed by atoms with Gasteiger partial charge in [-0.1, -0.05) is 23.2 Å². The van der Waals surface area contributed by atoms with Crippen LogP contribution in [0, 0.1) is 0 Å². The van der Waals surface area contributed by atoms with Crippen molar-refractivity contribution in [3.8, 4) is 17.2 Å². The molecule has 116 valence electrons. The molecule has 0 saturated carbocycles. The van der Waals surface area contributed by atoms with Crippen LogP contribution in [-0.4, -0.2) is 11.4 Å². The van der Waals surface area contributed by atoms with E-state index in [0.29, 0.717) is 18.4 Å². The van der Waals surface area contributed by atoms with Crippen LogP contribution < -0.4 is 4.74 Å². The summed E-state index contributed by atoms with van der Waals surface area (Å²) >= 11 is 11.5. The fourth-order valence-electron chi connectivity index (χ4n) is 1.63. The van der Waals surface area contributed by atoms with Crippen molar-refractivity contribution in [2.75, 3.05) is 0 Å². The second-order valence-corrected chi connectivity index (χ2v) is 5.02. The zero-order chi connectivity index (χ0) is 16.5. The van der Waals surface area contributed by atoms with E-state index in [9.17, 15) is 23.1 Å². The summed E-state index contributed by atoms with van der Waals surface area (Å²) in [6.07, 6.45) is -4.15. The molecule has 22 heavy (non-hydrogen) atoms. The van der Waals surface area contributed by atoms with Gasteiger partial charge in [-0.05, 0) is 24.3 Å². The highest BCUT2D eigenvalue weighted by Crippen LogP contribution is 2.42. The summed E-state index contributed by atoms with van der Waals surface area (Å²) in [5.74, 6) is -0.465. The average Bonchev–Trinajstić information content (AvgIpc) is 2.41. The molecule has 0 amide bonds. The quantitative estimate of drug-likeness (QED) is 0.761. The fraction of sp³-hybridized carbons (Fsp3) is 0.0714. The molecule has 0 radical (unpaired) electrons. The molecule has 2 aromatic rings. The van der Waals surface area contributed by atoms with Gasteiger partial charge >= 0.3 is 6.18 Å². The Balaban J connectivity index is 2.38. The highest BCUT2D eigenvalue weighted by molar-refractivity contribution is 6.37. The zero-order valence-corrected chi connectivity index (χ0v) is 12.1. The van der Waals surface area contributed by atoms with Gasteiger partial charge in [0.25, 0.3) is 0 Å². The number of aromatic hydroxyl groups is 1. The molecule has 0 unspecified atom stereocenters. The molecular formula is C14H7Cl2F3O3. The molecular weight excluding hydrogens is 344 g/mol. The molecule has 2 rings (SSSR count). The van der Waals surface area contributed by atoms with Crippen molar-refractivity contribution in [3.63, 3.8) is 0 Å². The third-order valence-corrected chi connectivity index (χ3v) is 3.24. The first kappa shape index (κ1) is 16.5. The van der Waals surface area contributed by atoms with Crippen molar-refractivity contribution >= 4 is 29.5 Å². The Labute approximate surface area is 132 Å². The first-order valence-corrected chi connectivity index (χ1v) is 6.50. The molecule has 0 bridgehead atoms. The second kappa shape index (κ2) is 6.06. The van der Waals surface area contributed by atoms with Crippen LogP contribution in [0.1, 0.15) is 15.9 Å². The van der Waals surface area contributed by atoms with E-state index in [1.807, 2.05) is 0 Å². The van der Waals surface area contributed by atoms with Gasteiger partial charge in [0.2, 0.25) is 0 Å². The SMILES string of the molecule is O=Cc1ccc(Oc2c(Cl)cc(C(F)(F)F)cc2Cl)cc1O. The molecule has 1 N–H and O–H groups in total. The number of alkyl halides is 3. The molecule has 0 aliphatic heterocycles. The molecule has 0 atom stereocenters. The van der Waals surface area contributed by atoms with E-state index >= 15 is 0 Å². The molecule has 3 nitrogen and oxygen atoms in total. The lowest BCUT2D eigenvalue weighted by Gasteiger charge is -2.13. The Bertz CT molecular complexity index is 707. The maximum Gasteiger partial charge on any atom is 0.416 e. The standard InChI is InChI=1S/C14H7Cl2F3O3/c15-10-3-8(14(17,18)19)4-11(16)13(10)22-9-2-1-7(6-20)12(21)5-9/h1-6,21H. The van der Waals surface area contributed by atoms with Crippen LogP contribution >= 0.6 is 23.2 Å². The lowest BCUT2D eigenvalue weighted by Crippen LogP contribution is -2.05. The van der Waals surface area contributed by atoms with E-state index in [1.165, 1.54) is 12.1 Å². The van der Waals surface area contributed by atoms with Crippen molar-refractivity contribution in [3.05, 3.63) is 51.5 Å². The van der Waals surface area contributed by atoms with E-state index in [4.69, 9.17) is 27.9 Å². The van der Waals surface area contributed by atoms with Crippen LogP contribution in [0.2, 0.25) is 10.0 Å². The summed E-state index contributed by atoms with van der Waals surface area (Å²) in [5.41, 5.74) is -0.967. The van der Waals surface area contributed by atoms with E-state index < -0.39 is 11.7 Å². The maximum absolute atomic E-state index is 12.6. The van der Waals surface area contributed by atoms with Gasteiger partial charge in [-0.3, -0.25) is 4.79 Å². The minimum atomic E-state index is -4.59. The monoisotopic (exact) mass is 350 g/mol. The van der Waals surface area contributed by atoms with Gasteiger partial charge in [0.1, 0.15) is 11.5 Å². The number of benzene rings is 2. The Kier molecular flexibility index (Phi) is 4.53. The Morgan fingerprint density at radius 1 is 1.09 bits per heavy atom. The van der Waals surface area contributed by atoms with Crippen molar-refractivity contribution in [2.45, 2.75) is 6.18 Å². The second-order valence-electron chi connectivity index (χ2n) is 4.21. The lowest BCUT2D eigenvalue weighted by atomic mass is 10.2. The first-order chi connectivity index (χ1) is 10.2. The summed E-state index contributed by atoms with van der Waals surface area (Å²) in [6.45, 7) is 0. The number of hydrogen-bond acceptors (Lipinski definition) is 3. The van der Waals surface area contributed by atoms with Crippen molar-refractivity contribution in [2.24, 2.45) is 0 Å². The predicted octanol–water partition coefficient (Wildman–Crippen LogP) is 5.32. The fourth-order valence-corrected chi connectivity index (χ4v) is 2.19. The summed E-state index contributed by atoms with van der Waals surface area (Å²) in [4.78, 5) is 10.6. The van der Waals surface area contributed by atoms with E-state index in [2.05, 4.69) is 0 Å². The number of aldehydes is 1. The molecule has 0 saturated heterocycles. The third-order valence-electron chi connectivity index (χ3n) is 2.67. The van der Waals surface area contributed by atoms with Crippen LogP contribution in [-0.2, 0) is 6.18 Å².